The highest BCUT2D eigenvalue weighted by Crippen LogP contribution is 2.15. The zero-order chi connectivity index (χ0) is 9.84. The average Bonchev–Trinajstić information content (AvgIpc) is 2.04. The van der Waals surface area contributed by atoms with Crippen LogP contribution in [0.2, 0.25) is 10.6 Å². The summed E-state index contributed by atoms with van der Waals surface area (Å²) in [5.74, 6) is 0. The predicted octanol–water partition coefficient (Wildman–Crippen LogP) is 2.13. The monoisotopic (exact) mass is 199 g/mol. The number of morpholine rings is 1. The lowest BCUT2D eigenvalue weighted by Crippen LogP contribution is -2.51. The maximum absolute atomic E-state index is 5.74. The molecule has 1 fully saturated rings. The van der Waals surface area contributed by atoms with Gasteiger partial charge in [0.05, 0.1) is 12.2 Å². The first-order valence-electron chi connectivity index (χ1n) is 5.56. The van der Waals surface area contributed by atoms with Gasteiger partial charge in [0.15, 0.2) is 0 Å². The van der Waals surface area contributed by atoms with Crippen molar-refractivity contribution in [3.05, 3.63) is 0 Å². The molecule has 1 saturated heterocycles. The van der Waals surface area contributed by atoms with Crippen molar-refractivity contribution in [1.29, 1.82) is 0 Å². The molecule has 0 N–H and O–H groups in total. The number of nitrogens with zero attached hydrogens (tertiary/aromatic N) is 1. The third-order valence-electron chi connectivity index (χ3n) is 2.91. The van der Waals surface area contributed by atoms with Gasteiger partial charge in [-0.1, -0.05) is 24.4 Å². The Kier molecular flexibility index (Phi) is 4.75. The first-order valence-corrected chi connectivity index (χ1v) is 7.71. The molecule has 0 aliphatic carbocycles. The van der Waals surface area contributed by atoms with Crippen molar-refractivity contribution in [2.24, 2.45) is 0 Å². The summed E-state index contributed by atoms with van der Waals surface area (Å²) in [6, 6.07) is 0. The molecule has 1 heterocycles. The van der Waals surface area contributed by atoms with E-state index in [0.29, 0.717) is 12.2 Å². The van der Waals surface area contributed by atoms with Gasteiger partial charge in [0, 0.05) is 13.1 Å². The second-order valence-electron chi connectivity index (χ2n) is 4.18. The van der Waals surface area contributed by atoms with Gasteiger partial charge in [0.2, 0.25) is 0 Å². The lowest BCUT2D eigenvalue weighted by molar-refractivity contribution is -0.0462. The van der Waals surface area contributed by atoms with Crippen molar-refractivity contribution in [1.82, 2.24) is 3.88 Å². The van der Waals surface area contributed by atoms with Crippen LogP contribution in [0.1, 0.15) is 27.7 Å². The van der Waals surface area contributed by atoms with Gasteiger partial charge in [0.25, 0.3) is 0 Å². The van der Waals surface area contributed by atoms with Crippen molar-refractivity contribution in [3.63, 3.8) is 0 Å². The van der Waals surface area contributed by atoms with Crippen LogP contribution >= 0.6 is 0 Å². The molecule has 3 heteroatoms. The summed E-state index contributed by atoms with van der Waals surface area (Å²) >= 11 is -0.597. The summed E-state index contributed by atoms with van der Waals surface area (Å²) in [4.78, 5) is 0. The van der Waals surface area contributed by atoms with E-state index in [1.54, 1.807) is 0 Å². The molecule has 2 nitrogen and oxygen atoms in total. The van der Waals surface area contributed by atoms with E-state index in [1.807, 2.05) is 0 Å². The minimum Gasteiger partial charge on any atom is -0.380 e. The van der Waals surface area contributed by atoms with Crippen LogP contribution in [-0.2, 0) is 4.74 Å². The molecule has 1 aliphatic heterocycles. The lowest BCUT2D eigenvalue weighted by Gasteiger charge is -2.38. The fourth-order valence-electron chi connectivity index (χ4n) is 2.32. The van der Waals surface area contributed by atoms with Crippen LogP contribution in [0.4, 0.5) is 0 Å². The Balaban J connectivity index is 2.48. The van der Waals surface area contributed by atoms with E-state index in [-0.39, 0.29) is 0 Å². The fourth-order valence-corrected chi connectivity index (χ4v) is 5.12. The summed E-state index contributed by atoms with van der Waals surface area (Å²) < 4.78 is 8.46. The smallest absolute Gasteiger partial charge is 0.372 e. The molecular weight excluding hydrogens is 177 g/mol. The standard InChI is InChI=1S/C6H12NO.2C2H5.Al/c1-5-3-7-4-6(2)8-5;2*1-2;/h5-6H,3-4H2,1-2H3;2*1H2,2H3;/q-1;;;+1. The van der Waals surface area contributed by atoms with Crippen LogP contribution in [0.5, 0.6) is 0 Å². The summed E-state index contributed by atoms with van der Waals surface area (Å²) in [6.45, 7) is 11.4. The topological polar surface area (TPSA) is 12.5 Å². The van der Waals surface area contributed by atoms with E-state index in [9.17, 15) is 0 Å². The van der Waals surface area contributed by atoms with Crippen LogP contribution in [0, 0.1) is 0 Å². The third kappa shape index (κ3) is 3.25. The van der Waals surface area contributed by atoms with Gasteiger partial charge in [-0.2, -0.15) is 0 Å². The van der Waals surface area contributed by atoms with Gasteiger partial charge in [-0.15, -0.1) is 0 Å². The second-order valence-corrected chi connectivity index (χ2v) is 7.85. The van der Waals surface area contributed by atoms with Crippen molar-refractivity contribution in [3.8, 4) is 0 Å². The van der Waals surface area contributed by atoms with Crippen molar-refractivity contribution in [2.75, 3.05) is 13.1 Å². The third-order valence-corrected chi connectivity index (χ3v) is 6.25. The van der Waals surface area contributed by atoms with E-state index in [0.717, 1.165) is 0 Å². The summed E-state index contributed by atoms with van der Waals surface area (Å²) in [5, 5.41) is 2.80. The Labute approximate surface area is 86.9 Å². The summed E-state index contributed by atoms with van der Waals surface area (Å²) in [7, 11) is 0. The molecule has 13 heavy (non-hydrogen) atoms. The largest absolute Gasteiger partial charge is 0.380 e. The Morgan fingerprint density at radius 3 is 2.00 bits per heavy atom. The van der Waals surface area contributed by atoms with Crippen molar-refractivity contribution >= 4 is 14.4 Å². The lowest BCUT2D eigenvalue weighted by atomic mass is 10.3. The number of hydrogen-bond donors (Lipinski definition) is 0. The number of ether oxygens (including phenoxy) is 1. The van der Waals surface area contributed by atoms with Crippen LogP contribution < -0.4 is 0 Å². The highest BCUT2D eigenvalue weighted by Gasteiger charge is 2.29. The number of hydrogen-bond acceptors (Lipinski definition) is 2. The molecule has 0 amide bonds. The second kappa shape index (κ2) is 5.36. The van der Waals surface area contributed by atoms with Gasteiger partial charge in [0.1, 0.15) is 0 Å². The van der Waals surface area contributed by atoms with Crippen LogP contribution in [0.15, 0.2) is 0 Å². The zero-order valence-corrected chi connectivity index (χ0v) is 10.6. The van der Waals surface area contributed by atoms with Gasteiger partial charge in [-0.25, -0.2) is 0 Å². The Morgan fingerprint density at radius 2 is 1.62 bits per heavy atom. The summed E-state index contributed by atoms with van der Waals surface area (Å²) in [6.07, 6.45) is 0.883. The molecule has 2 unspecified atom stereocenters. The van der Waals surface area contributed by atoms with Crippen LogP contribution in [-0.4, -0.2) is 43.6 Å². The van der Waals surface area contributed by atoms with Crippen molar-refractivity contribution < 1.29 is 4.74 Å². The quantitative estimate of drug-likeness (QED) is 0.646. The van der Waals surface area contributed by atoms with E-state index in [4.69, 9.17) is 4.74 Å². The van der Waals surface area contributed by atoms with Gasteiger partial charge < -0.3 is 8.62 Å². The molecular formula is C10H22AlNO. The van der Waals surface area contributed by atoms with E-state index >= 15 is 0 Å². The molecule has 0 aromatic carbocycles. The maximum atomic E-state index is 5.74. The molecule has 0 saturated carbocycles. The maximum Gasteiger partial charge on any atom is 0.372 e. The van der Waals surface area contributed by atoms with Gasteiger partial charge >= 0.3 is 14.4 Å². The highest BCUT2D eigenvalue weighted by atomic mass is 27.2. The summed E-state index contributed by atoms with van der Waals surface area (Å²) in [5.41, 5.74) is 0. The minimum atomic E-state index is -0.597. The molecule has 76 valence electrons. The molecule has 0 bridgehead atoms. The van der Waals surface area contributed by atoms with Crippen LogP contribution in [0.25, 0.3) is 0 Å². The van der Waals surface area contributed by atoms with E-state index in [1.165, 1.54) is 23.7 Å². The zero-order valence-electron chi connectivity index (χ0n) is 9.42. The first kappa shape index (κ1) is 11.5. The van der Waals surface area contributed by atoms with Gasteiger partial charge in [-0.05, 0) is 13.8 Å². The van der Waals surface area contributed by atoms with Crippen LogP contribution in [0.3, 0.4) is 0 Å². The van der Waals surface area contributed by atoms with Crippen molar-refractivity contribution in [2.45, 2.75) is 50.5 Å². The SMILES string of the molecule is C[CH2][Al]([CH2]C)[N]1CC(C)OC(C)C1. The molecule has 2 atom stereocenters. The van der Waals surface area contributed by atoms with E-state index in [2.05, 4.69) is 31.6 Å². The molecule has 0 radical (unpaired) electrons. The molecule has 0 aromatic rings. The molecule has 0 spiro atoms. The average molecular weight is 199 g/mol. The Morgan fingerprint density at radius 1 is 1.15 bits per heavy atom. The fraction of sp³-hybridized carbons (Fsp3) is 1.00. The minimum absolute atomic E-state index is 0.442. The van der Waals surface area contributed by atoms with E-state index < -0.39 is 14.4 Å². The van der Waals surface area contributed by atoms with Gasteiger partial charge in [-0.3, -0.25) is 0 Å². The Hall–Kier alpha value is 0.452. The normalized spacial score (nSPS) is 30.5. The molecule has 1 aliphatic rings. The highest BCUT2D eigenvalue weighted by molar-refractivity contribution is 6.55. The number of rotatable bonds is 3. The first-order chi connectivity index (χ1) is 6.17. The predicted molar refractivity (Wildman–Crippen MR) is 58.3 cm³/mol. The molecule has 1 rings (SSSR count). The Bertz CT molecular complexity index is 140. The molecule has 0 aromatic heterocycles.